The topological polar surface area (TPSA) is 94.4 Å². The molecule has 0 fully saturated rings. The maximum absolute atomic E-state index is 11.7. The number of hydrogen-bond acceptors (Lipinski definition) is 3. The van der Waals surface area contributed by atoms with E-state index in [1.54, 1.807) is 0 Å². The van der Waals surface area contributed by atoms with Crippen molar-refractivity contribution in [2.24, 2.45) is 0 Å². The average molecular weight is 228 g/mol. The maximum atomic E-state index is 11.7. The number of nitrogens with zero attached hydrogens (tertiary/aromatic N) is 1. The van der Waals surface area contributed by atoms with Gasteiger partial charge in [0.1, 0.15) is 11.2 Å². The number of benzene rings is 1. The number of H-pyrrole nitrogens is 3. The summed E-state index contributed by atoms with van der Waals surface area (Å²) in [4.78, 5) is 23.2. The molecule has 3 N–H and O–H groups in total. The molecule has 0 atom stereocenters. The molecule has 2 aromatic heterocycles. The first-order valence-electron chi connectivity index (χ1n) is 5.02. The van der Waals surface area contributed by atoms with E-state index >= 15 is 0 Å². The predicted octanol–water partition coefficient (Wildman–Crippen LogP) is 0.606. The molecule has 17 heavy (non-hydrogen) atoms. The quantitative estimate of drug-likeness (QED) is 0.569. The summed E-state index contributed by atoms with van der Waals surface area (Å²) in [5.74, 6) is 0. The number of hydrogen-bond donors (Lipinski definition) is 3. The third-order valence-electron chi connectivity index (χ3n) is 2.56. The molecule has 3 aromatic rings. The molecule has 3 rings (SSSR count). The highest BCUT2D eigenvalue weighted by Gasteiger charge is 2.13. The Morgan fingerprint density at radius 1 is 0.941 bits per heavy atom. The van der Waals surface area contributed by atoms with E-state index in [1.807, 2.05) is 30.3 Å². The minimum absolute atomic E-state index is 0.188. The van der Waals surface area contributed by atoms with Crippen molar-refractivity contribution >= 4 is 10.9 Å². The van der Waals surface area contributed by atoms with Crippen molar-refractivity contribution < 1.29 is 0 Å². The molecule has 0 saturated carbocycles. The van der Waals surface area contributed by atoms with Crippen LogP contribution in [0, 0.1) is 0 Å². The fraction of sp³-hybridized carbons (Fsp3) is 0. The fourth-order valence-electron chi connectivity index (χ4n) is 1.77. The molecule has 0 unspecified atom stereocenters. The van der Waals surface area contributed by atoms with E-state index in [-0.39, 0.29) is 16.5 Å². The number of rotatable bonds is 1. The lowest BCUT2D eigenvalue weighted by Crippen LogP contribution is -2.18. The van der Waals surface area contributed by atoms with Crippen molar-refractivity contribution in [3.05, 3.63) is 51.0 Å². The van der Waals surface area contributed by atoms with Gasteiger partial charge in [-0.3, -0.25) is 24.9 Å². The molecule has 1 aromatic carbocycles. The van der Waals surface area contributed by atoms with Gasteiger partial charge in [-0.05, 0) is 0 Å². The van der Waals surface area contributed by atoms with Crippen LogP contribution < -0.4 is 11.1 Å². The largest absolute Gasteiger partial charge is 0.288 e. The van der Waals surface area contributed by atoms with Crippen molar-refractivity contribution in [1.29, 1.82) is 0 Å². The molecule has 0 bridgehead atoms. The van der Waals surface area contributed by atoms with Gasteiger partial charge in [0.15, 0.2) is 0 Å². The Morgan fingerprint density at radius 3 is 2.41 bits per heavy atom. The number of nitrogens with one attached hydrogen (secondary N) is 3. The summed E-state index contributed by atoms with van der Waals surface area (Å²) in [5, 5.41) is 11.4. The van der Waals surface area contributed by atoms with Crippen LogP contribution in [0.2, 0.25) is 0 Å². The Hall–Kier alpha value is -2.63. The van der Waals surface area contributed by atoms with Gasteiger partial charge in [0, 0.05) is 5.56 Å². The van der Waals surface area contributed by atoms with Crippen LogP contribution in [0.5, 0.6) is 0 Å². The Bertz CT molecular complexity index is 782. The molecule has 0 aliphatic heterocycles. The third kappa shape index (κ3) is 1.38. The number of aromatic nitrogens is 4. The second kappa shape index (κ2) is 3.44. The first kappa shape index (κ1) is 9.59. The van der Waals surface area contributed by atoms with Crippen LogP contribution in [0.4, 0.5) is 0 Å². The van der Waals surface area contributed by atoms with Gasteiger partial charge in [-0.15, -0.1) is 0 Å². The van der Waals surface area contributed by atoms with Gasteiger partial charge >= 0.3 is 0 Å². The van der Waals surface area contributed by atoms with E-state index in [2.05, 4.69) is 20.4 Å². The zero-order valence-electron chi connectivity index (χ0n) is 8.65. The average Bonchev–Trinajstić information content (AvgIpc) is 2.81. The smallest absolute Gasteiger partial charge is 0.271 e. The highest BCUT2D eigenvalue weighted by molar-refractivity contribution is 5.91. The van der Waals surface area contributed by atoms with Crippen LogP contribution in [0.3, 0.4) is 0 Å². The van der Waals surface area contributed by atoms with Crippen molar-refractivity contribution in [2.45, 2.75) is 0 Å². The van der Waals surface area contributed by atoms with Crippen LogP contribution in [0.15, 0.2) is 39.9 Å². The van der Waals surface area contributed by atoms with E-state index in [4.69, 9.17) is 0 Å². The maximum Gasteiger partial charge on any atom is 0.288 e. The van der Waals surface area contributed by atoms with Gasteiger partial charge in [0.05, 0.1) is 5.39 Å². The zero-order chi connectivity index (χ0) is 11.8. The minimum Gasteiger partial charge on any atom is -0.271 e. The van der Waals surface area contributed by atoms with Crippen LogP contribution in [-0.4, -0.2) is 20.4 Å². The molecule has 0 saturated heterocycles. The standard InChI is InChI=1S/C11H8N4O2/c16-10-7-8(6-4-2-1-3-5-6)12-13-9(7)11(17)15-14-10/h1-5H,(H,12,13)(H,14,16)(H,15,17). The normalized spacial score (nSPS) is 10.8. The van der Waals surface area contributed by atoms with E-state index in [0.717, 1.165) is 5.56 Å². The molecule has 2 heterocycles. The lowest BCUT2D eigenvalue weighted by atomic mass is 10.1. The lowest BCUT2D eigenvalue weighted by Gasteiger charge is -1.95. The molecule has 0 radical (unpaired) electrons. The summed E-state index contributed by atoms with van der Waals surface area (Å²) in [5.41, 5.74) is 0.692. The summed E-state index contributed by atoms with van der Waals surface area (Å²) in [6.07, 6.45) is 0. The first-order chi connectivity index (χ1) is 8.27. The third-order valence-corrected chi connectivity index (χ3v) is 2.56. The van der Waals surface area contributed by atoms with Gasteiger partial charge in [0.25, 0.3) is 11.1 Å². The van der Waals surface area contributed by atoms with Crippen LogP contribution in [0.25, 0.3) is 22.2 Å². The van der Waals surface area contributed by atoms with E-state index in [1.165, 1.54) is 0 Å². The van der Waals surface area contributed by atoms with Gasteiger partial charge in [-0.2, -0.15) is 5.10 Å². The molecule has 0 aliphatic carbocycles. The Kier molecular flexibility index (Phi) is 1.94. The van der Waals surface area contributed by atoms with Gasteiger partial charge in [0.2, 0.25) is 0 Å². The molecule has 0 spiro atoms. The molecular formula is C11H8N4O2. The predicted molar refractivity (Wildman–Crippen MR) is 62.8 cm³/mol. The zero-order valence-corrected chi connectivity index (χ0v) is 8.65. The van der Waals surface area contributed by atoms with Crippen LogP contribution in [-0.2, 0) is 0 Å². The molecule has 0 amide bonds. The number of fused-ring (bicyclic) bond motifs is 1. The second-order valence-corrected chi connectivity index (χ2v) is 3.60. The molecule has 6 heteroatoms. The van der Waals surface area contributed by atoms with E-state index in [9.17, 15) is 9.59 Å². The van der Waals surface area contributed by atoms with Crippen molar-refractivity contribution in [2.75, 3.05) is 0 Å². The van der Waals surface area contributed by atoms with Crippen LogP contribution in [0.1, 0.15) is 0 Å². The number of aromatic amines is 3. The highest BCUT2D eigenvalue weighted by Crippen LogP contribution is 2.20. The first-order valence-corrected chi connectivity index (χ1v) is 5.02. The Morgan fingerprint density at radius 2 is 1.65 bits per heavy atom. The van der Waals surface area contributed by atoms with Crippen molar-refractivity contribution in [3.63, 3.8) is 0 Å². The summed E-state index contributed by atoms with van der Waals surface area (Å²) in [6.45, 7) is 0. The van der Waals surface area contributed by atoms with E-state index in [0.29, 0.717) is 5.69 Å². The molecule has 84 valence electrons. The lowest BCUT2D eigenvalue weighted by molar-refractivity contribution is 0.970. The van der Waals surface area contributed by atoms with Gasteiger partial charge in [-0.25, -0.2) is 0 Å². The summed E-state index contributed by atoms with van der Waals surface area (Å²) >= 11 is 0. The molecular weight excluding hydrogens is 220 g/mol. The van der Waals surface area contributed by atoms with Crippen molar-refractivity contribution in [1.82, 2.24) is 20.4 Å². The highest BCUT2D eigenvalue weighted by atomic mass is 16.1. The second-order valence-electron chi connectivity index (χ2n) is 3.60. The fourth-order valence-corrected chi connectivity index (χ4v) is 1.77. The summed E-state index contributed by atoms with van der Waals surface area (Å²) < 4.78 is 0. The monoisotopic (exact) mass is 228 g/mol. The van der Waals surface area contributed by atoms with Gasteiger partial charge in [-0.1, -0.05) is 30.3 Å². The summed E-state index contributed by atoms with van der Waals surface area (Å²) in [7, 11) is 0. The molecule has 6 nitrogen and oxygen atoms in total. The van der Waals surface area contributed by atoms with E-state index < -0.39 is 5.56 Å². The minimum atomic E-state index is -0.394. The SMILES string of the molecule is O=c1[nH][nH]c(=O)c2c(-c3ccccc3)n[nH]c12. The van der Waals surface area contributed by atoms with Crippen molar-refractivity contribution in [3.8, 4) is 11.3 Å². The molecule has 0 aliphatic rings. The van der Waals surface area contributed by atoms with Gasteiger partial charge < -0.3 is 0 Å². The Balaban J connectivity index is 2.44. The Labute approximate surface area is 94.3 Å². The van der Waals surface area contributed by atoms with Crippen LogP contribution >= 0.6 is 0 Å². The summed E-state index contributed by atoms with van der Waals surface area (Å²) in [6, 6.07) is 9.22.